The molecule has 3 rings (SSSR count). The minimum Gasteiger partial charge on any atom is -0.391 e. The van der Waals surface area contributed by atoms with E-state index in [9.17, 15) is 5.11 Å². The molecule has 0 spiro atoms. The number of aromatic nitrogens is 4. The minimum absolute atomic E-state index is 0.0200. The Bertz CT molecular complexity index is 541. The van der Waals surface area contributed by atoms with Crippen LogP contribution in [0.1, 0.15) is 12.0 Å². The highest BCUT2D eigenvalue weighted by atomic mass is 16.3. The molecule has 1 fully saturated rings. The van der Waals surface area contributed by atoms with Gasteiger partial charge in [0.2, 0.25) is 5.95 Å². The second-order valence-corrected chi connectivity index (χ2v) is 4.89. The van der Waals surface area contributed by atoms with Gasteiger partial charge in [0.1, 0.15) is 0 Å². The van der Waals surface area contributed by atoms with Crippen molar-refractivity contribution >= 4 is 5.95 Å². The molecule has 1 saturated heterocycles. The number of anilines is 1. The third-order valence-electron chi connectivity index (χ3n) is 3.52. The fourth-order valence-electron chi connectivity index (χ4n) is 2.59. The highest BCUT2D eigenvalue weighted by Gasteiger charge is 2.34. The van der Waals surface area contributed by atoms with Gasteiger partial charge in [-0.2, -0.15) is 5.10 Å². The summed E-state index contributed by atoms with van der Waals surface area (Å²) in [6.07, 6.45) is 8.45. The van der Waals surface area contributed by atoms with E-state index in [1.54, 1.807) is 23.1 Å². The lowest BCUT2D eigenvalue weighted by Crippen LogP contribution is -2.38. The van der Waals surface area contributed by atoms with Crippen LogP contribution in [0.2, 0.25) is 0 Å². The maximum Gasteiger partial charge on any atom is 0.225 e. The van der Waals surface area contributed by atoms with Gasteiger partial charge in [0.15, 0.2) is 0 Å². The molecule has 6 heteroatoms. The summed E-state index contributed by atoms with van der Waals surface area (Å²) < 4.78 is 1.78. The van der Waals surface area contributed by atoms with E-state index < -0.39 is 0 Å². The molecule has 0 amide bonds. The molecule has 0 unspecified atom stereocenters. The number of aliphatic hydroxyl groups excluding tert-OH is 1. The molecule has 6 nitrogen and oxygen atoms in total. The van der Waals surface area contributed by atoms with E-state index in [-0.39, 0.29) is 12.1 Å². The molecular weight excluding hydrogens is 242 g/mol. The van der Waals surface area contributed by atoms with Crippen LogP contribution in [0.5, 0.6) is 0 Å². The van der Waals surface area contributed by atoms with E-state index in [2.05, 4.69) is 20.0 Å². The first-order valence-corrected chi connectivity index (χ1v) is 6.43. The van der Waals surface area contributed by atoms with Gasteiger partial charge < -0.3 is 10.0 Å². The lowest BCUT2D eigenvalue weighted by Gasteiger charge is -2.25. The maximum absolute atomic E-state index is 10.2. The van der Waals surface area contributed by atoms with Crippen molar-refractivity contribution in [2.24, 2.45) is 7.05 Å². The molecule has 1 aliphatic rings. The largest absolute Gasteiger partial charge is 0.391 e. The van der Waals surface area contributed by atoms with Gasteiger partial charge in [-0.3, -0.25) is 4.68 Å². The van der Waals surface area contributed by atoms with Gasteiger partial charge in [-0.15, -0.1) is 0 Å². The molecule has 0 bridgehead atoms. The number of rotatable bonds is 3. The van der Waals surface area contributed by atoms with E-state index in [0.29, 0.717) is 5.95 Å². The third-order valence-corrected chi connectivity index (χ3v) is 3.52. The summed E-state index contributed by atoms with van der Waals surface area (Å²) in [5.41, 5.74) is 1.12. The van der Waals surface area contributed by atoms with Crippen molar-refractivity contribution in [2.45, 2.75) is 25.0 Å². The van der Waals surface area contributed by atoms with Crippen LogP contribution in [0.4, 0.5) is 5.95 Å². The number of nitrogens with zero attached hydrogens (tertiary/aromatic N) is 5. The predicted octanol–water partition coefficient (Wildman–Crippen LogP) is 0.392. The summed E-state index contributed by atoms with van der Waals surface area (Å²) in [7, 11) is 1.90. The van der Waals surface area contributed by atoms with Crippen molar-refractivity contribution in [3.63, 3.8) is 0 Å². The van der Waals surface area contributed by atoms with Crippen molar-refractivity contribution in [2.75, 3.05) is 11.4 Å². The van der Waals surface area contributed by atoms with Crippen molar-refractivity contribution in [3.05, 3.63) is 36.4 Å². The molecule has 0 aromatic carbocycles. The first-order chi connectivity index (χ1) is 9.24. The predicted molar refractivity (Wildman–Crippen MR) is 70.7 cm³/mol. The Labute approximate surface area is 111 Å². The van der Waals surface area contributed by atoms with Crippen molar-refractivity contribution < 1.29 is 5.11 Å². The van der Waals surface area contributed by atoms with Crippen LogP contribution in [0, 0.1) is 0 Å². The number of hydrogen-bond donors (Lipinski definition) is 1. The molecule has 0 radical (unpaired) electrons. The molecule has 100 valence electrons. The molecule has 19 heavy (non-hydrogen) atoms. The zero-order chi connectivity index (χ0) is 13.2. The number of aliphatic hydroxyl groups is 1. The van der Waals surface area contributed by atoms with Gasteiger partial charge in [-0.05, 0) is 24.5 Å². The zero-order valence-corrected chi connectivity index (χ0v) is 10.8. The topological polar surface area (TPSA) is 67.1 Å². The van der Waals surface area contributed by atoms with Crippen LogP contribution in [-0.4, -0.2) is 43.5 Å². The lowest BCUT2D eigenvalue weighted by atomic mass is 10.1. The maximum atomic E-state index is 10.2. The van der Waals surface area contributed by atoms with Crippen molar-refractivity contribution in [1.29, 1.82) is 0 Å². The SMILES string of the molecule is Cn1cc(C[C@@H]2[C@@H](O)CCN2c2ncccn2)cn1. The smallest absolute Gasteiger partial charge is 0.225 e. The summed E-state index contributed by atoms with van der Waals surface area (Å²) in [5, 5.41) is 14.3. The van der Waals surface area contributed by atoms with Crippen molar-refractivity contribution in [3.8, 4) is 0 Å². The molecule has 2 atom stereocenters. The number of hydrogen-bond acceptors (Lipinski definition) is 5. The molecule has 0 saturated carbocycles. The summed E-state index contributed by atoms with van der Waals surface area (Å²) in [4.78, 5) is 10.6. The molecule has 1 N–H and O–H groups in total. The van der Waals surface area contributed by atoms with Crippen LogP contribution in [-0.2, 0) is 13.5 Å². The van der Waals surface area contributed by atoms with Crippen LogP contribution in [0.3, 0.4) is 0 Å². The first-order valence-electron chi connectivity index (χ1n) is 6.43. The van der Waals surface area contributed by atoms with Gasteiger partial charge in [0.05, 0.1) is 18.3 Å². The van der Waals surface area contributed by atoms with E-state index in [4.69, 9.17) is 0 Å². The average molecular weight is 259 g/mol. The van der Waals surface area contributed by atoms with Gasteiger partial charge in [-0.1, -0.05) is 0 Å². The summed E-state index contributed by atoms with van der Waals surface area (Å²) in [6, 6.07) is 1.82. The van der Waals surface area contributed by atoms with Gasteiger partial charge in [0, 0.05) is 32.2 Å². The lowest BCUT2D eigenvalue weighted by molar-refractivity contribution is 0.163. The van der Waals surface area contributed by atoms with Gasteiger partial charge in [-0.25, -0.2) is 9.97 Å². The van der Waals surface area contributed by atoms with Crippen LogP contribution >= 0.6 is 0 Å². The number of aryl methyl sites for hydroxylation is 1. The quantitative estimate of drug-likeness (QED) is 0.864. The van der Waals surface area contributed by atoms with E-state index in [0.717, 1.165) is 24.9 Å². The van der Waals surface area contributed by atoms with Gasteiger partial charge >= 0.3 is 0 Å². The van der Waals surface area contributed by atoms with Crippen LogP contribution in [0.15, 0.2) is 30.9 Å². The standard InChI is InChI=1S/C13H17N5O/c1-17-9-10(8-16-17)7-11-12(19)3-6-18(11)13-14-4-2-5-15-13/h2,4-5,8-9,11-12,19H,3,6-7H2,1H3/t11-,12+/m1/s1. The Hall–Kier alpha value is -1.95. The molecule has 0 aliphatic carbocycles. The molecule has 1 aliphatic heterocycles. The molecule has 2 aromatic rings. The minimum atomic E-state index is -0.344. The second-order valence-electron chi connectivity index (χ2n) is 4.89. The van der Waals surface area contributed by atoms with Crippen LogP contribution in [0.25, 0.3) is 0 Å². The van der Waals surface area contributed by atoms with Crippen molar-refractivity contribution in [1.82, 2.24) is 19.7 Å². The summed E-state index contributed by atoms with van der Waals surface area (Å²) >= 11 is 0. The van der Waals surface area contributed by atoms with E-state index in [1.807, 2.05) is 19.4 Å². The van der Waals surface area contributed by atoms with Gasteiger partial charge in [0.25, 0.3) is 0 Å². The Morgan fingerprint density at radius 1 is 1.37 bits per heavy atom. The zero-order valence-electron chi connectivity index (χ0n) is 10.8. The highest BCUT2D eigenvalue weighted by Crippen LogP contribution is 2.25. The van der Waals surface area contributed by atoms with Crippen LogP contribution < -0.4 is 4.90 Å². The second kappa shape index (κ2) is 4.97. The summed E-state index contributed by atoms with van der Waals surface area (Å²) in [6.45, 7) is 0.788. The van der Waals surface area contributed by atoms with E-state index in [1.165, 1.54) is 0 Å². The highest BCUT2D eigenvalue weighted by molar-refractivity contribution is 5.34. The monoisotopic (exact) mass is 259 g/mol. The molecular formula is C13H17N5O. The Morgan fingerprint density at radius 2 is 2.16 bits per heavy atom. The third kappa shape index (κ3) is 2.44. The molecule has 2 aromatic heterocycles. The Balaban J connectivity index is 1.81. The summed E-state index contributed by atoms with van der Waals surface area (Å²) in [5.74, 6) is 0.688. The first kappa shape index (κ1) is 12.1. The Kier molecular flexibility index (Phi) is 3.16. The molecule has 3 heterocycles. The fraction of sp³-hybridized carbons (Fsp3) is 0.462. The Morgan fingerprint density at radius 3 is 2.84 bits per heavy atom. The average Bonchev–Trinajstić information content (AvgIpc) is 2.99. The van der Waals surface area contributed by atoms with E-state index >= 15 is 0 Å². The fourth-order valence-corrected chi connectivity index (χ4v) is 2.59. The normalized spacial score (nSPS) is 22.9.